The molecule has 2 heterocycles. The Hall–Kier alpha value is -2.63. The van der Waals surface area contributed by atoms with E-state index in [0.717, 1.165) is 0 Å². The second kappa shape index (κ2) is 6.94. The molecule has 2 atom stereocenters. The van der Waals surface area contributed by atoms with Gasteiger partial charge < -0.3 is 10.2 Å². The van der Waals surface area contributed by atoms with Crippen LogP contribution >= 0.6 is 0 Å². The zero-order valence-corrected chi connectivity index (χ0v) is 15.3. The van der Waals surface area contributed by atoms with Gasteiger partial charge in [-0.2, -0.15) is 0 Å². The van der Waals surface area contributed by atoms with Gasteiger partial charge in [-0.25, -0.2) is 9.18 Å². The van der Waals surface area contributed by atoms with Crippen molar-refractivity contribution in [3.8, 4) is 0 Å². The fourth-order valence-electron chi connectivity index (χ4n) is 3.47. The monoisotopic (exact) mass is 357 g/mol. The van der Waals surface area contributed by atoms with Crippen LogP contribution in [-0.4, -0.2) is 40.9 Å². The fourth-order valence-corrected chi connectivity index (χ4v) is 3.47. The number of amides is 3. The van der Waals surface area contributed by atoms with E-state index in [0.29, 0.717) is 29.9 Å². The Balaban J connectivity index is 2.09. The molecule has 0 aliphatic carbocycles. The van der Waals surface area contributed by atoms with Gasteiger partial charge >= 0.3 is 6.03 Å². The topological polar surface area (TPSA) is 52.7 Å². The van der Waals surface area contributed by atoms with Crippen LogP contribution in [0.4, 0.5) is 9.18 Å². The summed E-state index contributed by atoms with van der Waals surface area (Å²) in [6, 6.07) is 5.12. The Morgan fingerprint density at radius 1 is 1.31 bits per heavy atom. The first kappa shape index (κ1) is 18.2. The average molecular weight is 357 g/mol. The molecule has 0 spiro atoms. The zero-order valence-electron chi connectivity index (χ0n) is 15.3. The number of carbonyl (C=O) groups is 2. The predicted molar refractivity (Wildman–Crippen MR) is 97.6 cm³/mol. The Kier molecular flexibility index (Phi) is 4.85. The Morgan fingerprint density at radius 3 is 2.62 bits per heavy atom. The van der Waals surface area contributed by atoms with Gasteiger partial charge in [-0.3, -0.25) is 9.69 Å². The first-order valence-electron chi connectivity index (χ1n) is 8.84. The molecule has 0 radical (unpaired) electrons. The number of carbonyl (C=O) groups excluding carboxylic acids is 2. The minimum absolute atomic E-state index is 0.00931. The van der Waals surface area contributed by atoms with Crippen LogP contribution in [0, 0.1) is 11.7 Å². The maximum atomic E-state index is 14.4. The van der Waals surface area contributed by atoms with Crippen LogP contribution in [0.1, 0.15) is 32.4 Å². The molecule has 0 aromatic heterocycles. The van der Waals surface area contributed by atoms with Crippen molar-refractivity contribution in [3.63, 3.8) is 0 Å². The van der Waals surface area contributed by atoms with Gasteiger partial charge in [-0.05, 0) is 18.9 Å². The van der Waals surface area contributed by atoms with E-state index in [1.165, 1.54) is 11.0 Å². The molecule has 138 valence electrons. The summed E-state index contributed by atoms with van der Waals surface area (Å²) in [5, 5.41) is 2.79. The van der Waals surface area contributed by atoms with E-state index in [4.69, 9.17) is 0 Å². The first-order chi connectivity index (χ1) is 12.4. The van der Waals surface area contributed by atoms with E-state index in [1.54, 1.807) is 29.2 Å². The average Bonchev–Trinajstić information content (AvgIpc) is 2.94. The number of halogens is 1. The standard InChI is InChI=1S/C20H24FN3O2/c1-5-10-23-16-11-24(13(4)12(2)3)19(25)17(16)18(22-20(23)26)14-8-6-7-9-15(14)21/h5-9,12-13,18H,1,10-11H2,2-4H3,(H,22,26)/t13-,18+/m0/s1. The summed E-state index contributed by atoms with van der Waals surface area (Å²) >= 11 is 0. The summed E-state index contributed by atoms with van der Waals surface area (Å²) in [7, 11) is 0. The number of hydrogen-bond acceptors (Lipinski definition) is 2. The van der Waals surface area contributed by atoms with E-state index in [9.17, 15) is 14.0 Å². The maximum Gasteiger partial charge on any atom is 0.322 e. The summed E-state index contributed by atoms with van der Waals surface area (Å²) in [5.41, 5.74) is 1.39. The lowest BCUT2D eigenvalue weighted by atomic mass is 9.95. The molecule has 0 saturated heterocycles. The molecule has 26 heavy (non-hydrogen) atoms. The quantitative estimate of drug-likeness (QED) is 0.823. The molecular formula is C20H24FN3O2. The van der Waals surface area contributed by atoms with Crippen LogP contribution in [0.5, 0.6) is 0 Å². The van der Waals surface area contributed by atoms with Crippen molar-refractivity contribution < 1.29 is 14.0 Å². The molecule has 5 nitrogen and oxygen atoms in total. The van der Waals surface area contributed by atoms with Crippen LogP contribution in [0.15, 0.2) is 48.2 Å². The first-order valence-corrected chi connectivity index (χ1v) is 8.84. The molecule has 6 heteroatoms. The minimum Gasteiger partial charge on any atom is -0.330 e. The Labute approximate surface area is 153 Å². The third-order valence-corrected chi connectivity index (χ3v) is 5.23. The molecule has 1 aromatic carbocycles. The summed E-state index contributed by atoms with van der Waals surface area (Å²) < 4.78 is 14.4. The van der Waals surface area contributed by atoms with E-state index < -0.39 is 11.9 Å². The van der Waals surface area contributed by atoms with E-state index in [2.05, 4.69) is 25.7 Å². The molecule has 0 fully saturated rings. The van der Waals surface area contributed by atoms with Crippen molar-refractivity contribution >= 4 is 11.9 Å². The van der Waals surface area contributed by atoms with Gasteiger partial charge in [-0.15, -0.1) is 6.58 Å². The number of benzene rings is 1. The van der Waals surface area contributed by atoms with Crippen molar-refractivity contribution in [1.82, 2.24) is 15.1 Å². The normalized spacial score (nSPS) is 21.2. The third-order valence-electron chi connectivity index (χ3n) is 5.23. The summed E-state index contributed by atoms with van der Waals surface area (Å²) in [4.78, 5) is 29.1. The van der Waals surface area contributed by atoms with E-state index >= 15 is 0 Å². The lowest BCUT2D eigenvalue weighted by molar-refractivity contribution is -0.128. The molecule has 1 N–H and O–H groups in total. The van der Waals surface area contributed by atoms with Crippen LogP contribution in [0.3, 0.4) is 0 Å². The lowest BCUT2D eigenvalue weighted by Gasteiger charge is -2.33. The zero-order chi connectivity index (χ0) is 19.0. The van der Waals surface area contributed by atoms with Gasteiger partial charge in [0.15, 0.2) is 0 Å². The smallest absolute Gasteiger partial charge is 0.322 e. The highest BCUT2D eigenvalue weighted by Gasteiger charge is 2.45. The van der Waals surface area contributed by atoms with Gasteiger partial charge in [0, 0.05) is 18.2 Å². The Morgan fingerprint density at radius 2 is 2.00 bits per heavy atom. The minimum atomic E-state index is -0.781. The largest absolute Gasteiger partial charge is 0.330 e. The maximum absolute atomic E-state index is 14.4. The molecule has 2 aliphatic rings. The predicted octanol–water partition coefficient (Wildman–Crippen LogP) is 3.22. The third kappa shape index (κ3) is 2.89. The van der Waals surface area contributed by atoms with Gasteiger partial charge in [0.05, 0.1) is 23.9 Å². The van der Waals surface area contributed by atoms with Crippen molar-refractivity contribution in [3.05, 3.63) is 59.6 Å². The van der Waals surface area contributed by atoms with Crippen LogP contribution in [-0.2, 0) is 4.79 Å². The highest BCUT2D eigenvalue weighted by atomic mass is 19.1. The molecule has 0 bridgehead atoms. The molecule has 2 aliphatic heterocycles. The molecule has 0 saturated carbocycles. The van der Waals surface area contributed by atoms with E-state index in [-0.39, 0.29) is 23.9 Å². The summed E-state index contributed by atoms with van der Waals surface area (Å²) in [5.74, 6) is -0.322. The Bertz CT molecular complexity index is 787. The van der Waals surface area contributed by atoms with Crippen LogP contribution in [0.25, 0.3) is 0 Å². The van der Waals surface area contributed by atoms with Gasteiger partial charge in [-0.1, -0.05) is 38.1 Å². The molecule has 1 aromatic rings. The van der Waals surface area contributed by atoms with Gasteiger partial charge in [0.1, 0.15) is 5.82 Å². The molecule has 3 amide bonds. The number of nitrogens with zero attached hydrogens (tertiary/aromatic N) is 2. The summed E-state index contributed by atoms with van der Waals surface area (Å²) in [6.07, 6.45) is 1.62. The van der Waals surface area contributed by atoms with Gasteiger partial charge in [0.25, 0.3) is 5.91 Å². The number of nitrogens with one attached hydrogen (secondary N) is 1. The molecule has 0 unspecified atom stereocenters. The second-order valence-corrected chi connectivity index (χ2v) is 7.08. The van der Waals surface area contributed by atoms with Crippen molar-refractivity contribution in [2.75, 3.05) is 13.1 Å². The van der Waals surface area contributed by atoms with Crippen molar-refractivity contribution in [1.29, 1.82) is 0 Å². The molecule has 3 rings (SSSR count). The number of urea groups is 1. The van der Waals surface area contributed by atoms with E-state index in [1.807, 2.05) is 6.92 Å². The molecular weight excluding hydrogens is 333 g/mol. The summed E-state index contributed by atoms with van der Waals surface area (Å²) in [6.45, 7) is 10.4. The second-order valence-electron chi connectivity index (χ2n) is 7.08. The van der Waals surface area contributed by atoms with Crippen LogP contribution < -0.4 is 5.32 Å². The highest BCUT2D eigenvalue weighted by molar-refractivity contribution is 6.01. The van der Waals surface area contributed by atoms with Crippen molar-refractivity contribution in [2.24, 2.45) is 5.92 Å². The lowest BCUT2D eigenvalue weighted by Crippen LogP contribution is -2.47. The van der Waals surface area contributed by atoms with Crippen LogP contribution in [0.2, 0.25) is 0 Å². The van der Waals surface area contributed by atoms with Crippen molar-refractivity contribution in [2.45, 2.75) is 32.9 Å². The number of hydrogen-bond donors (Lipinski definition) is 1. The fraction of sp³-hybridized carbons (Fsp3) is 0.400. The SMILES string of the molecule is C=CCN1C(=O)N[C@H](c2ccccc2F)C2=C1CN([C@@H](C)C(C)C)C2=O. The number of rotatable bonds is 5. The highest BCUT2D eigenvalue weighted by Crippen LogP contribution is 2.38. The van der Waals surface area contributed by atoms with Gasteiger partial charge in [0.2, 0.25) is 0 Å².